The molecule has 1 aromatic heterocycles. The van der Waals surface area contributed by atoms with Gasteiger partial charge in [-0.15, -0.1) is 0 Å². The highest BCUT2D eigenvalue weighted by Crippen LogP contribution is 2.20. The SMILES string of the molecule is Cc1ccc(S(=O)(=O)[N-][n+]2cccc3cc(Br)ccc32)cc1. The van der Waals surface area contributed by atoms with Crippen LogP contribution in [0.3, 0.4) is 0 Å². The van der Waals surface area contributed by atoms with Crippen molar-refractivity contribution >= 4 is 36.9 Å². The number of benzene rings is 2. The molecule has 0 N–H and O–H groups in total. The molecule has 0 spiro atoms. The van der Waals surface area contributed by atoms with Gasteiger partial charge < -0.3 is 4.83 Å². The Hall–Kier alpha value is -1.92. The van der Waals surface area contributed by atoms with Crippen LogP contribution in [0.25, 0.3) is 15.7 Å². The molecule has 22 heavy (non-hydrogen) atoms. The van der Waals surface area contributed by atoms with E-state index in [1.807, 2.05) is 31.2 Å². The first-order valence-corrected chi connectivity index (χ1v) is 8.84. The van der Waals surface area contributed by atoms with Gasteiger partial charge in [0.25, 0.3) is 0 Å². The zero-order chi connectivity index (χ0) is 15.7. The summed E-state index contributed by atoms with van der Waals surface area (Å²) in [5, 5.41) is 0.903. The van der Waals surface area contributed by atoms with Crippen LogP contribution in [0, 0.1) is 6.92 Å². The second-order valence-electron chi connectivity index (χ2n) is 4.93. The number of fused-ring (bicyclic) bond motifs is 1. The van der Waals surface area contributed by atoms with Crippen LogP contribution in [0.1, 0.15) is 5.56 Å². The van der Waals surface area contributed by atoms with E-state index in [0.717, 1.165) is 20.9 Å². The van der Waals surface area contributed by atoms with E-state index in [9.17, 15) is 8.42 Å². The van der Waals surface area contributed by atoms with Crippen molar-refractivity contribution in [1.29, 1.82) is 0 Å². The average molecular weight is 377 g/mol. The topological polar surface area (TPSA) is 52.1 Å². The first-order chi connectivity index (χ1) is 10.5. The van der Waals surface area contributed by atoms with E-state index in [4.69, 9.17) is 0 Å². The summed E-state index contributed by atoms with van der Waals surface area (Å²) in [6, 6.07) is 15.9. The van der Waals surface area contributed by atoms with E-state index in [1.54, 1.807) is 36.5 Å². The summed E-state index contributed by atoms with van der Waals surface area (Å²) in [6.07, 6.45) is 1.63. The molecule has 0 bridgehead atoms. The fraction of sp³-hybridized carbons (Fsp3) is 0.0625. The summed E-state index contributed by atoms with van der Waals surface area (Å²) in [5.74, 6) is 0. The van der Waals surface area contributed by atoms with Crippen molar-refractivity contribution in [2.45, 2.75) is 11.8 Å². The van der Waals surface area contributed by atoms with Gasteiger partial charge in [0.05, 0.1) is 4.90 Å². The molecule has 0 radical (unpaired) electrons. The molecule has 0 unspecified atom stereocenters. The van der Waals surface area contributed by atoms with Crippen molar-refractivity contribution in [2.24, 2.45) is 0 Å². The van der Waals surface area contributed by atoms with Crippen molar-refractivity contribution in [3.8, 4) is 0 Å². The lowest BCUT2D eigenvalue weighted by molar-refractivity contribution is -0.585. The number of aromatic nitrogens is 1. The largest absolute Gasteiger partial charge is 0.318 e. The number of rotatable bonds is 3. The Kier molecular flexibility index (Phi) is 3.88. The number of hydrogen-bond acceptors (Lipinski definition) is 2. The smallest absolute Gasteiger partial charge is 0.208 e. The predicted octanol–water partition coefficient (Wildman–Crippen LogP) is 3.72. The third-order valence-corrected chi connectivity index (χ3v) is 5.01. The maximum atomic E-state index is 12.4. The van der Waals surface area contributed by atoms with Crippen molar-refractivity contribution < 1.29 is 13.1 Å². The molecule has 2 aromatic carbocycles. The molecule has 112 valence electrons. The minimum absolute atomic E-state index is 0.180. The van der Waals surface area contributed by atoms with Crippen LogP contribution in [-0.4, -0.2) is 8.42 Å². The van der Waals surface area contributed by atoms with Crippen molar-refractivity contribution in [3.63, 3.8) is 0 Å². The van der Waals surface area contributed by atoms with E-state index in [0.29, 0.717) is 0 Å². The molecule has 0 saturated carbocycles. The molecule has 0 amide bonds. The molecule has 0 aliphatic carbocycles. The quantitative estimate of drug-likeness (QED) is 0.654. The molecular formula is C16H13BrN2O2S. The second kappa shape index (κ2) is 5.70. The highest BCUT2D eigenvalue weighted by Gasteiger charge is 2.11. The minimum atomic E-state index is -3.76. The van der Waals surface area contributed by atoms with Crippen LogP contribution in [0.15, 0.2) is 70.2 Å². The van der Waals surface area contributed by atoms with E-state index in [-0.39, 0.29) is 4.90 Å². The summed E-state index contributed by atoms with van der Waals surface area (Å²) in [4.78, 5) is 4.10. The third-order valence-electron chi connectivity index (χ3n) is 3.25. The lowest BCUT2D eigenvalue weighted by Gasteiger charge is -2.16. The first kappa shape index (κ1) is 15.0. The average Bonchev–Trinajstić information content (AvgIpc) is 2.47. The van der Waals surface area contributed by atoms with Crippen molar-refractivity contribution in [1.82, 2.24) is 0 Å². The Balaban J connectivity index is 2.04. The minimum Gasteiger partial charge on any atom is -0.318 e. The Morgan fingerprint density at radius 1 is 1.05 bits per heavy atom. The predicted molar refractivity (Wildman–Crippen MR) is 89.0 cm³/mol. The van der Waals surface area contributed by atoms with E-state index < -0.39 is 10.0 Å². The summed E-state index contributed by atoms with van der Waals surface area (Å²) >= 11 is 3.40. The molecule has 0 saturated heterocycles. The molecule has 0 fully saturated rings. The Morgan fingerprint density at radius 3 is 2.50 bits per heavy atom. The van der Waals surface area contributed by atoms with Gasteiger partial charge in [-0.1, -0.05) is 33.6 Å². The molecule has 0 aliphatic heterocycles. The highest BCUT2D eigenvalue weighted by atomic mass is 79.9. The maximum absolute atomic E-state index is 12.4. The Morgan fingerprint density at radius 2 is 1.77 bits per heavy atom. The Bertz CT molecular complexity index is 938. The maximum Gasteiger partial charge on any atom is 0.208 e. The Labute approximate surface area is 137 Å². The lowest BCUT2D eigenvalue weighted by Crippen LogP contribution is -2.32. The number of hydrogen-bond donors (Lipinski definition) is 0. The van der Waals surface area contributed by atoms with Gasteiger partial charge in [0.2, 0.25) is 5.52 Å². The number of pyridine rings is 1. The van der Waals surface area contributed by atoms with Crippen LogP contribution in [-0.2, 0) is 10.0 Å². The molecular weight excluding hydrogens is 364 g/mol. The fourth-order valence-corrected chi connectivity index (χ4v) is 3.45. The monoisotopic (exact) mass is 376 g/mol. The van der Waals surface area contributed by atoms with Gasteiger partial charge in [-0.3, -0.25) is 0 Å². The summed E-state index contributed by atoms with van der Waals surface area (Å²) in [7, 11) is -3.76. The van der Waals surface area contributed by atoms with Crippen molar-refractivity contribution in [2.75, 3.05) is 0 Å². The van der Waals surface area contributed by atoms with Crippen LogP contribution in [0.5, 0.6) is 0 Å². The highest BCUT2D eigenvalue weighted by molar-refractivity contribution is 9.10. The molecule has 3 rings (SSSR count). The van der Waals surface area contributed by atoms with Gasteiger partial charge in [0.15, 0.2) is 16.2 Å². The number of nitrogens with zero attached hydrogens (tertiary/aromatic N) is 2. The van der Waals surface area contributed by atoms with E-state index >= 15 is 0 Å². The number of halogens is 1. The molecule has 3 aromatic rings. The van der Waals surface area contributed by atoms with E-state index in [1.165, 1.54) is 4.68 Å². The van der Waals surface area contributed by atoms with Gasteiger partial charge in [-0.05, 0) is 37.3 Å². The lowest BCUT2D eigenvalue weighted by atomic mass is 10.2. The normalized spacial score (nSPS) is 11.5. The van der Waals surface area contributed by atoms with Crippen LogP contribution in [0.4, 0.5) is 0 Å². The molecule has 0 atom stereocenters. The van der Waals surface area contributed by atoms with Gasteiger partial charge in [-0.25, -0.2) is 13.1 Å². The standard InChI is InChI=1S/C16H13BrN2O2S/c1-12-4-7-15(8-5-12)22(20,21)18-19-10-2-3-13-11-14(17)6-9-16(13)19/h2-11H,1H3. The fourth-order valence-electron chi connectivity index (χ4n) is 2.12. The van der Waals surface area contributed by atoms with Crippen LogP contribution in [0.2, 0.25) is 0 Å². The first-order valence-electron chi connectivity index (χ1n) is 6.61. The van der Waals surface area contributed by atoms with Gasteiger partial charge in [-0.2, -0.15) is 0 Å². The molecule has 1 heterocycles. The summed E-state index contributed by atoms with van der Waals surface area (Å²) in [5.41, 5.74) is 1.73. The molecule has 6 heteroatoms. The number of sulfonamides is 1. The summed E-state index contributed by atoms with van der Waals surface area (Å²) in [6.45, 7) is 1.91. The summed E-state index contributed by atoms with van der Waals surface area (Å²) < 4.78 is 27.2. The molecule has 0 aliphatic rings. The van der Waals surface area contributed by atoms with Crippen molar-refractivity contribution in [3.05, 3.63) is 75.7 Å². The third kappa shape index (κ3) is 2.98. The molecule has 4 nitrogen and oxygen atoms in total. The zero-order valence-corrected chi connectivity index (χ0v) is 14.2. The zero-order valence-electron chi connectivity index (χ0n) is 11.8. The van der Waals surface area contributed by atoms with Crippen LogP contribution < -0.4 is 4.68 Å². The van der Waals surface area contributed by atoms with Gasteiger partial charge >= 0.3 is 0 Å². The number of aryl methyl sites for hydroxylation is 1. The van der Waals surface area contributed by atoms with Crippen LogP contribution >= 0.6 is 15.9 Å². The second-order valence-corrected chi connectivity index (χ2v) is 7.43. The van der Waals surface area contributed by atoms with Gasteiger partial charge in [0.1, 0.15) is 0 Å². The van der Waals surface area contributed by atoms with Gasteiger partial charge in [0, 0.05) is 22.0 Å². The van der Waals surface area contributed by atoms with E-state index in [2.05, 4.69) is 20.8 Å².